The monoisotopic (exact) mass is 736 g/mol. The van der Waals surface area contributed by atoms with E-state index in [9.17, 15) is 4.79 Å². The van der Waals surface area contributed by atoms with Gasteiger partial charge in [0.25, 0.3) is 11.6 Å². The summed E-state index contributed by atoms with van der Waals surface area (Å²) in [4.78, 5) is 14.3. The lowest BCUT2D eigenvalue weighted by atomic mass is 9.53. The molecule has 7 nitrogen and oxygen atoms in total. The fourth-order valence-electron chi connectivity index (χ4n) is 14.0. The van der Waals surface area contributed by atoms with Gasteiger partial charge in [-0.25, -0.2) is 4.79 Å². The molecule has 0 aromatic heterocycles. The summed E-state index contributed by atoms with van der Waals surface area (Å²) in [6.45, 7) is 6.14. The molecule has 6 aliphatic carbocycles. The number of benzene rings is 2. The highest BCUT2D eigenvalue weighted by Gasteiger charge is 2.54. The van der Waals surface area contributed by atoms with E-state index in [1.165, 1.54) is 86.5 Å². The molecule has 2 unspecified atom stereocenters. The Balaban J connectivity index is 0.916. The van der Waals surface area contributed by atoms with Gasteiger partial charge < -0.3 is 29.6 Å². The summed E-state index contributed by atoms with van der Waals surface area (Å²) in [7, 11) is 0. The minimum atomic E-state index is -1.14. The van der Waals surface area contributed by atoms with Crippen LogP contribution in [0.3, 0.4) is 0 Å². The second kappa shape index (κ2) is 13.7. The summed E-state index contributed by atoms with van der Waals surface area (Å²) in [5, 5.41) is 7.74. The average molecular weight is 737 g/mol. The van der Waals surface area contributed by atoms with Crippen LogP contribution in [0.5, 0.6) is 11.5 Å². The molecule has 2 aliphatic heterocycles. The Morgan fingerprint density at radius 1 is 0.593 bits per heavy atom. The van der Waals surface area contributed by atoms with Crippen LogP contribution in [0.1, 0.15) is 152 Å². The van der Waals surface area contributed by atoms with E-state index < -0.39 is 17.7 Å². The van der Waals surface area contributed by atoms with Crippen molar-refractivity contribution in [3.8, 4) is 11.5 Å². The first-order valence-electron chi connectivity index (χ1n) is 22.3. The van der Waals surface area contributed by atoms with Gasteiger partial charge in [0.2, 0.25) is 0 Å². The quantitative estimate of drug-likeness (QED) is 0.206. The highest BCUT2D eigenvalue weighted by Crippen LogP contribution is 2.56. The summed E-state index contributed by atoms with van der Waals surface area (Å²) >= 11 is 0. The van der Waals surface area contributed by atoms with Crippen molar-refractivity contribution in [3.05, 3.63) is 58.7 Å². The Labute approximate surface area is 323 Å². The van der Waals surface area contributed by atoms with Crippen LogP contribution in [0, 0.1) is 23.7 Å². The second-order valence-corrected chi connectivity index (χ2v) is 19.3. The van der Waals surface area contributed by atoms with Crippen LogP contribution in [0.2, 0.25) is 0 Å². The van der Waals surface area contributed by atoms with Crippen LogP contribution in [-0.2, 0) is 33.1 Å². The molecule has 8 aliphatic rings. The summed E-state index contributed by atoms with van der Waals surface area (Å²) in [5.74, 6) is 0.936. The summed E-state index contributed by atoms with van der Waals surface area (Å²) < 4.78 is 26.9. The molecule has 2 aromatic carbocycles. The van der Waals surface area contributed by atoms with Crippen LogP contribution < -0.4 is 20.1 Å². The molecule has 2 aromatic rings. The van der Waals surface area contributed by atoms with Gasteiger partial charge in [0.15, 0.2) is 0 Å². The smallest absolute Gasteiger partial charge is 0.452 e. The minimum absolute atomic E-state index is 0.0979. The first-order chi connectivity index (χ1) is 26.3. The molecular weight excluding hydrogens is 673 g/mol. The van der Waals surface area contributed by atoms with Crippen LogP contribution in [0.25, 0.3) is 0 Å². The number of hydrogen-bond acceptors (Lipinski definition) is 7. The van der Waals surface area contributed by atoms with Crippen LogP contribution >= 0.6 is 0 Å². The van der Waals surface area contributed by atoms with Gasteiger partial charge in [0.1, 0.15) is 11.5 Å². The summed E-state index contributed by atoms with van der Waals surface area (Å²) in [6, 6.07) is 14.7. The van der Waals surface area contributed by atoms with Gasteiger partial charge in [0, 0.05) is 48.6 Å². The third-order valence-electron chi connectivity index (χ3n) is 16.6. The molecule has 10 rings (SSSR count). The van der Waals surface area contributed by atoms with Crippen molar-refractivity contribution in [1.29, 1.82) is 0 Å². The number of piperidine rings is 2. The Morgan fingerprint density at radius 2 is 1.02 bits per heavy atom. The zero-order valence-corrected chi connectivity index (χ0v) is 33.0. The Morgan fingerprint density at radius 3 is 1.46 bits per heavy atom. The van der Waals surface area contributed by atoms with E-state index in [1.54, 1.807) is 0 Å². The van der Waals surface area contributed by atoms with Crippen LogP contribution in [-0.4, -0.2) is 42.9 Å². The van der Waals surface area contributed by atoms with E-state index in [0.29, 0.717) is 23.9 Å². The predicted molar refractivity (Wildman–Crippen MR) is 210 cm³/mol. The summed E-state index contributed by atoms with van der Waals surface area (Å²) in [6.07, 6.45) is 22.6. The van der Waals surface area contributed by atoms with E-state index in [2.05, 4.69) is 47.0 Å². The molecule has 0 radical (unpaired) electrons. The standard InChI is InChI=1S/C47H64N2O5/c1-44(33-11-3-4-12-33,51-35-19-17-31-27-41-37-15-7-9-21-46(37,23-25-48-41)39(31)29-35)53-43(50)54-45(2,34-13-5-6-14-34)52-36-20-18-32-28-42-38-16-8-10-22-47(38,24-26-49-42)40(32)30-36/h17-20,29-30,33-34,37-38,41-42,48-49H,3-16,21-28H2,1-2H3/t37-,38-,41+,42+,44?,45?,46+,47+/m0/s1. The van der Waals surface area contributed by atoms with Crippen LogP contribution in [0.15, 0.2) is 36.4 Å². The maximum absolute atomic E-state index is 14.3. The second-order valence-electron chi connectivity index (χ2n) is 19.3. The fourth-order valence-corrected chi connectivity index (χ4v) is 14.0. The van der Waals surface area contributed by atoms with E-state index in [0.717, 1.165) is 88.8 Å². The van der Waals surface area contributed by atoms with Gasteiger partial charge in [-0.1, -0.05) is 63.5 Å². The van der Waals surface area contributed by atoms with E-state index in [1.807, 2.05) is 13.8 Å². The Kier molecular flexibility index (Phi) is 9.05. The number of hydrogen-bond donors (Lipinski definition) is 2. The number of carbonyl (C=O) groups excluding carboxylic acids is 1. The lowest BCUT2D eigenvalue weighted by Gasteiger charge is -2.56. The Bertz CT molecular complexity index is 1600. The zero-order valence-electron chi connectivity index (χ0n) is 33.0. The van der Waals surface area contributed by atoms with Gasteiger partial charge in [-0.15, -0.1) is 0 Å². The number of fused-ring (bicyclic) bond motifs is 2. The molecule has 2 saturated heterocycles. The lowest BCUT2D eigenvalue weighted by molar-refractivity contribution is -0.223. The van der Waals surface area contributed by atoms with Crippen molar-refractivity contribution in [3.63, 3.8) is 0 Å². The van der Waals surface area contributed by atoms with Crippen molar-refractivity contribution in [2.24, 2.45) is 23.7 Å². The van der Waals surface area contributed by atoms with E-state index in [-0.39, 0.29) is 22.7 Å². The predicted octanol–water partition coefficient (Wildman–Crippen LogP) is 9.80. The van der Waals surface area contributed by atoms with Gasteiger partial charge >= 0.3 is 6.16 Å². The first kappa shape index (κ1) is 35.6. The average Bonchev–Trinajstić information content (AvgIpc) is 3.92. The van der Waals surface area contributed by atoms with Crippen molar-refractivity contribution < 1.29 is 23.7 Å². The molecule has 54 heavy (non-hydrogen) atoms. The summed E-state index contributed by atoms with van der Waals surface area (Å²) in [5.41, 5.74) is 6.37. The van der Waals surface area contributed by atoms with Crippen molar-refractivity contribution in [2.75, 3.05) is 13.1 Å². The molecule has 4 bridgehead atoms. The minimum Gasteiger partial charge on any atom is -0.452 e. The maximum atomic E-state index is 14.3. The van der Waals surface area contributed by atoms with E-state index >= 15 is 0 Å². The topological polar surface area (TPSA) is 78.1 Å². The molecule has 0 amide bonds. The molecule has 8 atom stereocenters. The zero-order chi connectivity index (χ0) is 36.5. The maximum Gasteiger partial charge on any atom is 0.514 e. The van der Waals surface area contributed by atoms with Crippen molar-refractivity contribution >= 4 is 6.16 Å². The largest absolute Gasteiger partial charge is 0.514 e. The van der Waals surface area contributed by atoms with Crippen molar-refractivity contribution in [2.45, 2.75) is 177 Å². The van der Waals surface area contributed by atoms with Gasteiger partial charge in [0.05, 0.1) is 0 Å². The number of rotatable bonds is 8. The molecule has 7 heteroatoms. The lowest BCUT2D eigenvalue weighted by Crippen LogP contribution is -2.59. The fraction of sp³-hybridized carbons (Fsp3) is 0.723. The number of carbonyl (C=O) groups is 1. The Hall–Kier alpha value is -2.77. The number of nitrogens with one attached hydrogen (secondary N) is 2. The third-order valence-corrected chi connectivity index (χ3v) is 16.6. The van der Waals surface area contributed by atoms with Gasteiger partial charge in [-0.3, -0.25) is 0 Å². The third kappa shape index (κ3) is 5.91. The molecule has 4 saturated carbocycles. The van der Waals surface area contributed by atoms with E-state index in [4.69, 9.17) is 18.9 Å². The SMILES string of the molecule is CC(OC(=O)OC(C)(Oc1ccc2c(c1)[C@@]13CCCC[C@H]1[C@@H](C2)NCC3)C1CCCC1)(Oc1ccc2c(c1)[C@@]13CCCC[C@H]1[C@@H](C2)NCC3)C1CCCC1. The van der Waals surface area contributed by atoms with Gasteiger partial charge in [-0.05, 0) is 148 Å². The van der Waals surface area contributed by atoms with Crippen LogP contribution in [0.4, 0.5) is 4.79 Å². The molecular formula is C47H64N2O5. The first-order valence-corrected chi connectivity index (χ1v) is 22.3. The number of ether oxygens (including phenoxy) is 4. The molecule has 2 N–H and O–H groups in total. The molecule has 0 spiro atoms. The molecule has 2 heterocycles. The molecule has 6 fully saturated rings. The van der Waals surface area contributed by atoms with Gasteiger partial charge in [-0.2, -0.15) is 0 Å². The normalized spacial score (nSPS) is 35.3. The molecule has 292 valence electrons. The van der Waals surface area contributed by atoms with Crippen molar-refractivity contribution in [1.82, 2.24) is 10.6 Å². The highest BCUT2D eigenvalue weighted by atomic mass is 16.8. The highest BCUT2D eigenvalue weighted by molar-refractivity contribution is 5.61.